The van der Waals surface area contributed by atoms with Gasteiger partial charge in [0.1, 0.15) is 6.04 Å². The number of hydrogen-bond acceptors (Lipinski definition) is 4. The van der Waals surface area contributed by atoms with Gasteiger partial charge in [-0.3, -0.25) is 9.59 Å². The van der Waals surface area contributed by atoms with Crippen molar-refractivity contribution in [2.75, 3.05) is 6.54 Å². The fourth-order valence-corrected chi connectivity index (χ4v) is 3.48. The number of hydrogen-bond donors (Lipinski definition) is 3. The Morgan fingerprint density at radius 1 is 1.03 bits per heavy atom. The maximum Gasteiger partial charge on any atom is 0.244 e. The number of halogens is 2. The number of nitrogens with two attached hydrogens (primary N) is 1. The molecule has 2 aromatic rings. The van der Waals surface area contributed by atoms with Crippen molar-refractivity contribution in [1.29, 1.82) is 0 Å². The molecule has 0 aliphatic carbocycles. The normalized spacial score (nSPS) is 13.5. The van der Waals surface area contributed by atoms with Crippen molar-refractivity contribution in [1.82, 2.24) is 10.2 Å². The number of carbonyl (C=O) groups excluding carboxylic acids is 2. The molecule has 0 spiro atoms. The molecule has 2 amide bonds. The molecule has 0 fully saturated rings. The zero-order chi connectivity index (χ0) is 24.9. The number of nitrogens with one attached hydrogen (secondary N) is 1. The van der Waals surface area contributed by atoms with Gasteiger partial charge in [-0.2, -0.15) is 0 Å². The molecule has 0 saturated carbocycles. The Balaban J connectivity index is 2.08. The van der Waals surface area contributed by atoms with E-state index in [2.05, 4.69) is 5.32 Å². The summed E-state index contributed by atoms with van der Waals surface area (Å²) in [7, 11) is 0. The molecule has 2 atom stereocenters. The minimum atomic E-state index is -0.938. The monoisotopic (exact) mass is 493 g/mol. The van der Waals surface area contributed by atoms with Gasteiger partial charge < -0.3 is 21.1 Å². The molecule has 8 heteroatoms. The van der Waals surface area contributed by atoms with Gasteiger partial charge in [0.05, 0.1) is 22.7 Å². The molecule has 0 aliphatic rings. The SMILES string of the molecule is CC(C)N(C[C@@H](O)c1ccc(Cl)c(Cl)c1)C(=O)C(N)c1ccc(CNC(=O)C(C)(C)C)cc1. The molecular formula is C25H33Cl2N3O3. The van der Waals surface area contributed by atoms with Gasteiger partial charge in [0.15, 0.2) is 0 Å². The first-order chi connectivity index (χ1) is 15.3. The van der Waals surface area contributed by atoms with Crippen LogP contribution in [0.5, 0.6) is 0 Å². The standard InChI is InChI=1S/C25H33Cl2N3O3/c1-15(2)30(14-21(31)18-10-11-19(26)20(27)12-18)23(32)22(28)17-8-6-16(7-9-17)13-29-24(33)25(3,4)5/h6-12,15,21-22,31H,13-14,28H2,1-5H3,(H,29,33)/t21-,22?/m1/s1. The molecule has 180 valence electrons. The Labute approximate surface area is 206 Å². The van der Waals surface area contributed by atoms with Gasteiger partial charge >= 0.3 is 0 Å². The first-order valence-electron chi connectivity index (χ1n) is 10.9. The predicted octanol–water partition coefficient (Wildman–Crippen LogP) is 4.63. The van der Waals surface area contributed by atoms with Crippen molar-refractivity contribution in [2.45, 2.75) is 59.4 Å². The summed E-state index contributed by atoms with van der Waals surface area (Å²) < 4.78 is 0. The van der Waals surface area contributed by atoms with Crippen LogP contribution in [-0.4, -0.2) is 34.4 Å². The zero-order valence-electron chi connectivity index (χ0n) is 19.7. The third kappa shape index (κ3) is 7.44. The molecule has 6 nitrogen and oxygen atoms in total. The van der Waals surface area contributed by atoms with E-state index in [0.717, 1.165) is 5.56 Å². The molecule has 4 N–H and O–H groups in total. The van der Waals surface area contributed by atoms with Crippen LogP contribution in [0.1, 0.15) is 63.5 Å². The minimum absolute atomic E-state index is 0.0356. The van der Waals surface area contributed by atoms with E-state index in [4.69, 9.17) is 28.9 Å². The van der Waals surface area contributed by atoms with Gasteiger partial charge in [-0.15, -0.1) is 0 Å². The fraction of sp³-hybridized carbons (Fsp3) is 0.440. The molecule has 1 unspecified atom stereocenters. The van der Waals surface area contributed by atoms with Gasteiger partial charge in [-0.1, -0.05) is 74.3 Å². The molecule has 33 heavy (non-hydrogen) atoms. The molecule has 0 bridgehead atoms. The highest BCUT2D eigenvalue weighted by Crippen LogP contribution is 2.27. The topological polar surface area (TPSA) is 95.7 Å². The first-order valence-corrected chi connectivity index (χ1v) is 11.6. The second kappa shape index (κ2) is 11.3. The Morgan fingerprint density at radius 3 is 2.12 bits per heavy atom. The van der Waals surface area contributed by atoms with Crippen molar-refractivity contribution < 1.29 is 14.7 Å². The Morgan fingerprint density at radius 2 is 1.61 bits per heavy atom. The van der Waals surface area contributed by atoms with Crippen LogP contribution in [0.4, 0.5) is 0 Å². The third-order valence-electron chi connectivity index (χ3n) is 5.34. The molecule has 0 aliphatic heterocycles. The molecule has 0 saturated heterocycles. The van der Waals surface area contributed by atoms with Crippen LogP contribution in [0, 0.1) is 5.41 Å². The minimum Gasteiger partial charge on any atom is -0.387 e. The van der Waals surface area contributed by atoms with E-state index >= 15 is 0 Å². The highest BCUT2D eigenvalue weighted by atomic mass is 35.5. The molecule has 0 aromatic heterocycles. The molecule has 0 heterocycles. The van der Waals surface area contributed by atoms with Crippen molar-refractivity contribution in [3.8, 4) is 0 Å². The van der Waals surface area contributed by atoms with E-state index < -0.39 is 17.6 Å². The number of benzene rings is 2. The lowest BCUT2D eigenvalue weighted by molar-refractivity contribution is -0.136. The van der Waals surface area contributed by atoms with Gasteiger partial charge in [-0.05, 0) is 42.7 Å². The van der Waals surface area contributed by atoms with E-state index in [-0.39, 0.29) is 24.4 Å². The number of aliphatic hydroxyl groups excluding tert-OH is 1. The summed E-state index contributed by atoms with van der Waals surface area (Å²) in [4.78, 5) is 26.8. The lowest BCUT2D eigenvalue weighted by Gasteiger charge is -2.31. The quantitative estimate of drug-likeness (QED) is 0.499. The molecular weight excluding hydrogens is 461 g/mol. The number of nitrogens with zero attached hydrogens (tertiary/aromatic N) is 1. The lowest BCUT2D eigenvalue weighted by atomic mass is 9.95. The zero-order valence-corrected chi connectivity index (χ0v) is 21.2. The Hall–Kier alpha value is -2.12. The van der Waals surface area contributed by atoms with Crippen molar-refractivity contribution in [3.63, 3.8) is 0 Å². The fourth-order valence-electron chi connectivity index (χ4n) is 3.18. The van der Waals surface area contributed by atoms with Crippen LogP contribution in [0.15, 0.2) is 42.5 Å². The number of carbonyl (C=O) groups is 2. The second-order valence-electron chi connectivity index (χ2n) is 9.43. The Kier molecular flexibility index (Phi) is 9.32. The highest BCUT2D eigenvalue weighted by molar-refractivity contribution is 6.42. The molecule has 2 aromatic carbocycles. The third-order valence-corrected chi connectivity index (χ3v) is 6.08. The van der Waals surface area contributed by atoms with Crippen molar-refractivity contribution in [2.24, 2.45) is 11.1 Å². The average molecular weight is 494 g/mol. The van der Waals surface area contributed by atoms with E-state index in [1.807, 2.05) is 46.8 Å². The largest absolute Gasteiger partial charge is 0.387 e. The summed E-state index contributed by atoms with van der Waals surface area (Å²) >= 11 is 12.0. The highest BCUT2D eigenvalue weighted by Gasteiger charge is 2.27. The maximum absolute atomic E-state index is 13.2. The van der Waals surface area contributed by atoms with Crippen molar-refractivity contribution >= 4 is 35.0 Å². The van der Waals surface area contributed by atoms with Gasteiger partial charge in [-0.25, -0.2) is 0 Å². The van der Waals surface area contributed by atoms with Crippen LogP contribution >= 0.6 is 23.2 Å². The summed E-state index contributed by atoms with van der Waals surface area (Å²) in [5.74, 6) is -0.329. The van der Waals surface area contributed by atoms with Crippen molar-refractivity contribution in [3.05, 3.63) is 69.2 Å². The van der Waals surface area contributed by atoms with Gasteiger partial charge in [0.2, 0.25) is 11.8 Å². The van der Waals surface area contributed by atoms with E-state index in [0.29, 0.717) is 27.7 Å². The number of aliphatic hydroxyl groups is 1. The number of amides is 2. The average Bonchev–Trinajstić information content (AvgIpc) is 2.75. The molecule has 0 radical (unpaired) electrons. The van der Waals surface area contributed by atoms with Crippen LogP contribution in [0.3, 0.4) is 0 Å². The summed E-state index contributed by atoms with van der Waals surface area (Å²) in [6.07, 6.45) is -0.938. The molecule has 2 rings (SSSR count). The first kappa shape index (κ1) is 27.1. The number of rotatable bonds is 8. The van der Waals surface area contributed by atoms with Crippen LogP contribution in [0.2, 0.25) is 10.0 Å². The van der Waals surface area contributed by atoms with E-state index in [1.54, 1.807) is 35.2 Å². The summed E-state index contributed by atoms with van der Waals surface area (Å²) in [5, 5.41) is 14.3. The van der Waals surface area contributed by atoms with Gasteiger partial charge in [0, 0.05) is 18.0 Å². The van der Waals surface area contributed by atoms with Crippen LogP contribution in [-0.2, 0) is 16.1 Å². The summed E-state index contributed by atoms with van der Waals surface area (Å²) in [5.41, 5.74) is 7.95. The Bertz CT molecular complexity index is 972. The summed E-state index contributed by atoms with van der Waals surface area (Å²) in [6, 6.07) is 11.1. The smallest absolute Gasteiger partial charge is 0.244 e. The van der Waals surface area contributed by atoms with E-state index in [1.165, 1.54) is 0 Å². The second-order valence-corrected chi connectivity index (χ2v) is 10.2. The lowest BCUT2D eigenvalue weighted by Crippen LogP contribution is -2.44. The van der Waals surface area contributed by atoms with Gasteiger partial charge in [0.25, 0.3) is 0 Å². The maximum atomic E-state index is 13.2. The predicted molar refractivity (Wildman–Crippen MR) is 133 cm³/mol. The van der Waals surface area contributed by atoms with E-state index in [9.17, 15) is 14.7 Å². The summed E-state index contributed by atoms with van der Waals surface area (Å²) in [6.45, 7) is 9.77. The van der Waals surface area contributed by atoms with Crippen LogP contribution < -0.4 is 11.1 Å². The van der Waals surface area contributed by atoms with Crippen LogP contribution in [0.25, 0.3) is 0 Å².